The lowest BCUT2D eigenvalue weighted by molar-refractivity contribution is -0.0599. The Bertz CT molecular complexity index is 136. The van der Waals surface area contributed by atoms with Crippen molar-refractivity contribution in [2.24, 2.45) is 5.41 Å². The monoisotopic (exact) mass is 157 g/mol. The van der Waals surface area contributed by atoms with E-state index in [0.717, 1.165) is 0 Å². The summed E-state index contributed by atoms with van der Waals surface area (Å²) in [4.78, 5) is 10.4. The lowest BCUT2D eigenvalue weighted by Crippen LogP contribution is -2.22. The minimum atomic E-state index is -0.449. The minimum absolute atomic E-state index is 0.202. The lowest BCUT2D eigenvalue weighted by Gasteiger charge is -2.18. The van der Waals surface area contributed by atoms with Gasteiger partial charge in [0, 0.05) is 11.8 Å². The first-order valence-corrected chi connectivity index (χ1v) is 3.76. The Kier molecular flexibility index (Phi) is 2.62. The standard InChI is InChI=1S/C8H13O3/c1-8(2,6-9)5-7-10-3-4-11-7/h7H,3-5H2,1-2H3. The van der Waals surface area contributed by atoms with Gasteiger partial charge in [0.1, 0.15) is 0 Å². The number of hydrogen-bond donors (Lipinski definition) is 0. The second-order valence-electron chi connectivity index (χ2n) is 3.36. The fourth-order valence-corrected chi connectivity index (χ4v) is 0.983. The highest BCUT2D eigenvalue weighted by Gasteiger charge is 2.27. The van der Waals surface area contributed by atoms with Crippen molar-refractivity contribution in [3.8, 4) is 0 Å². The molecule has 0 N–H and O–H groups in total. The summed E-state index contributed by atoms with van der Waals surface area (Å²) in [6.07, 6.45) is 2.35. The number of rotatable bonds is 3. The molecule has 0 aromatic heterocycles. The van der Waals surface area contributed by atoms with Crippen LogP contribution in [-0.4, -0.2) is 25.8 Å². The van der Waals surface area contributed by atoms with Crippen LogP contribution in [0.5, 0.6) is 0 Å². The highest BCUT2D eigenvalue weighted by Crippen LogP contribution is 2.23. The topological polar surface area (TPSA) is 35.5 Å². The third-order valence-corrected chi connectivity index (χ3v) is 1.64. The number of hydrogen-bond acceptors (Lipinski definition) is 3. The molecule has 0 aromatic rings. The van der Waals surface area contributed by atoms with E-state index in [-0.39, 0.29) is 6.29 Å². The molecule has 0 saturated carbocycles. The van der Waals surface area contributed by atoms with Crippen molar-refractivity contribution in [2.75, 3.05) is 13.2 Å². The van der Waals surface area contributed by atoms with Crippen LogP contribution in [-0.2, 0) is 14.3 Å². The van der Waals surface area contributed by atoms with Crippen LogP contribution in [0.2, 0.25) is 0 Å². The normalized spacial score (nSPS) is 20.5. The zero-order valence-corrected chi connectivity index (χ0v) is 6.92. The van der Waals surface area contributed by atoms with Crippen LogP contribution in [0.3, 0.4) is 0 Å². The Morgan fingerprint density at radius 2 is 2.00 bits per heavy atom. The maximum atomic E-state index is 10.4. The van der Waals surface area contributed by atoms with Gasteiger partial charge in [-0.05, 0) is 0 Å². The second kappa shape index (κ2) is 3.32. The Hall–Kier alpha value is -0.410. The first kappa shape index (κ1) is 8.68. The lowest BCUT2D eigenvalue weighted by atomic mass is 9.91. The number of carbonyl (C=O) groups excluding carboxylic acids is 1. The third-order valence-electron chi connectivity index (χ3n) is 1.64. The Balaban J connectivity index is 2.33. The molecule has 3 nitrogen and oxygen atoms in total. The average molecular weight is 157 g/mol. The predicted octanol–water partition coefficient (Wildman–Crippen LogP) is 0.885. The Labute approximate surface area is 66.7 Å². The van der Waals surface area contributed by atoms with Crippen molar-refractivity contribution >= 4 is 6.29 Å². The smallest absolute Gasteiger partial charge is 0.204 e. The molecule has 0 atom stereocenters. The van der Waals surface area contributed by atoms with Gasteiger partial charge < -0.3 is 9.47 Å². The quantitative estimate of drug-likeness (QED) is 0.610. The van der Waals surface area contributed by atoms with Gasteiger partial charge in [-0.25, -0.2) is 0 Å². The fraction of sp³-hybridized carbons (Fsp3) is 0.875. The van der Waals surface area contributed by atoms with Gasteiger partial charge in [0.2, 0.25) is 6.29 Å². The molecular formula is C8H13O3. The van der Waals surface area contributed by atoms with E-state index < -0.39 is 5.41 Å². The van der Waals surface area contributed by atoms with E-state index in [4.69, 9.17) is 9.47 Å². The van der Waals surface area contributed by atoms with Crippen molar-refractivity contribution in [1.82, 2.24) is 0 Å². The van der Waals surface area contributed by atoms with Gasteiger partial charge in [-0.2, -0.15) is 0 Å². The van der Waals surface area contributed by atoms with Crippen molar-refractivity contribution in [3.63, 3.8) is 0 Å². The maximum absolute atomic E-state index is 10.4. The summed E-state index contributed by atoms with van der Waals surface area (Å²) in [5, 5.41) is 0. The molecule has 1 radical (unpaired) electrons. The minimum Gasteiger partial charge on any atom is -0.350 e. The molecule has 3 heteroatoms. The summed E-state index contributed by atoms with van der Waals surface area (Å²) in [7, 11) is 0. The van der Waals surface area contributed by atoms with Crippen LogP contribution in [0, 0.1) is 5.41 Å². The molecule has 0 aromatic carbocycles. The zero-order valence-electron chi connectivity index (χ0n) is 6.92. The first-order chi connectivity index (χ1) is 5.14. The van der Waals surface area contributed by atoms with E-state index in [0.29, 0.717) is 19.6 Å². The largest absolute Gasteiger partial charge is 0.350 e. The molecule has 1 rings (SSSR count). The van der Waals surface area contributed by atoms with Crippen LogP contribution in [0.15, 0.2) is 0 Å². The van der Waals surface area contributed by atoms with Gasteiger partial charge in [0.15, 0.2) is 6.29 Å². The highest BCUT2D eigenvalue weighted by molar-refractivity contribution is 5.58. The predicted molar refractivity (Wildman–Crippen MR) is 39.8 cm³/mol. The van der Waals surface area contributed by atoms with Crippen molar-refractivity contribution < 1.29 is 14.3 Å². The van der Waals surface area contributed by atoms with Gasteiger partial charge >= 0.3 is 0 Å². The van der Waals surface area contributed by atoms with Crippen LogP contribution < -0.4 is 0 Å². The average Bonchev–Trinajstić information content (AvgIpc) is 2.39. The second-order valence-corrected chi connectivity index (χ2v) is 3.36. The zero-order chi connectivity index (χ0) is 8.32. The summed E-state index contributed by atoms with van der Waals surface area (Å²) in [6, 6.07) is 0. The van der Waals surface area contributed by atoms with Crippen molar-refractivity contribution in [2.45, 2.75) is 26.6 Å². The summed E-state index contributed by atoms with van der Waals surface area (Å²) >= 11 is 0. The van der Waals surface area contributed by atoms with Gasteiger partial charge in [-0.1, -0.05) is 13.8 Å². The van der Waals surface area contributed by atoms with E-state index in [1.54, 1.807) is 0 Å². The molecule has 1 fully saturated rings. The van der Waals surface area contributed by atoms with Gasteiger partial charge in [0.25, 0.3) is 0 Å². The molecule has 1 aliphatic rings. The van der Waals surface area contributed by atoms with E-state index >= 15 is 0 Å². The molecular weight excluding hydrogens is 144 g/mol. The highest BCUT2D eigenvalue weighted by atomic mass is 16.7. The van der Waals surface area contributed by atoms with Crippen LogP contribution in [0.25, 0.3) is 0 Å². The molecule has 0 amide bonds. The molecule has 0 spiro atoms. The fourth-order valence-electron chi connectivity index (χ4n) is 0.983. The van der Waals surface area contributed by atoms with Crippen LogP contribution in [0.1, 0.15) is 20.3 Å². The van der Waals surface area contributed by atoms with Gasteiger partial charge in [-0.3, -0.25) is 4.79 Å². The summed E-state index contributed by atoms with van der Waals surface area (Å²) in [5.74, 6) is 0. The summed E-state index contributed by atoms with van der Waals surface area (Å²) in [6.45, 7) is 4.93. The van der Waals surface area contributed by atoms with E-state index in [1.807, 2.05) is 20.1 Å². The molecule has 0 unspecified atom stereocenters. The van der Waals surface area contributed by atoms with Gasteiger partial charge in [0.05, 0.1) is 13.2 Å². The molecule has 63 valence electrons. The Morgan fingerprint density at radius 1 is 1.45 bits per heavy atom. The van der Waals surface area contributed by atoms with Crippen LogP contribution in [0.4, 0.5) is 0 Å². The summed E-state index contributed by atoms with van der Waals surface area (Å²) in [5.41, 5.74) is -0.449. The first-order valence-electron chi connectivity index (χ1n) is 3.76. The van der Waals surface area contributed by atoms with Crippen LogP contribution >= 0.6 is 0 Å². The molecule has 1 saturated heterocycles. The Morgan fingerprint density at radius 3 is 2.45 bits per heavy atom. The van der Waals surface area contributed by atoms with Crippen molar-refractivity contribution in [3.05, 3.63) is 0 Å². The SMILES string of the molecule is CC(C)([C]=O)CC1OCCO1. The molecule has 11 heavy (non-hydrogen) atoms. The molecule has 0 aliphatic carbocycles. The van der Waals surface area contributed by atoms with Gasteiger partial charge in [-0.15, -0.1) is 0 Å². The van der Waals surface area contributed by atoms with E-state index in [2.05, 4.69) is 0 Å². The molecule has 1 heterocycles. The summed E-state index contributed by atoms with van der Waals surface area (Å²) < 4.78 is 10.4. The third kappa shape index (κ3) is 2.60. The molecule has 0 bridgehead atoms. The number of ether oxygens (including phenoxy) is 2. The van der Waals surface area contributed by atoms with Crippen molar-refractivity contribution in [1.29, 1.82) is 0 Å². The maximum Gasteiger partial charge on any atom is 0.204 e. The van der Waals surface area contributed by atoms with E-state index in [9.17, 15) is 4.79 Å². The van der Waals surface area contributed by atoms with E-state index in [1.165, 1.54) is 0 Å². The molecule has 1 aliphatic heterocycles.